The average molecular weight is 248 g/mol. The van der Waals surface area contributed by atoms with E-state index in [1.807, 2.05) is 6.92 Å². The van der Waals surface area contributed by atoms with Crippen LogP contribution in [0.4, 0.5) is 4.39 Å². The number of carbonyl (C=O) groups is 1. The third-order valence-corrected chi connectivity index (χ3v) is 4.15. The molecule has 18 heavy (non-hydrogen) atoms. The number of benzene rings is 1. The van der Waals surface area contributed by atoms with Crippen molar-refractivity contribution < 1.29 is 9.18 Å². The van der Waals surface area contributed by atoms with Crippen LogP contribution in [-0.4, -0.2) is 5.78 Å². The Labute approximate surface area is 108 Å². The van der Waals surface area contributed by atoms with Crippen molar-refractivity contribution in [1.29, 1.82) is 0 Å². The van der Waals surface area contributed by atoms with Crippen LogP contribution < -0.4 is 0 Å². The number of rotatable bonds is 2. The SMILES string of the molecule is Cc1cc(F)cc(C(=O)C2CCCCC2(C)C)c1. The first kappa shape index (κ1) is 13.3. The summed E-state index contributed by atoms with van der Waals surface area (Å²) in [6.45, 7) is 6.13. The molecular weight excluding hydrogens is 227 g/mol. The Morgan fingerprint density at radius 3 is 2.61 bits per heavy atom. The second-order valence-corrected chi connectivity index (χ2v) is 6.17. The van der Waals surface area contributed by atoms with Gasteiger partial charge in [0.1, 0.15) is 5.82 Å². The van der Waals surface area contributed by atoms with Gasteiger partial charge in [-0.3, -0.25) is 4.79 Å². The average Bonchev–Trinajstić information content (AvgIpc) is 2.26. The van der Waals surface area contributed by atoms with Crippen LogP contribution in [0.15, 0.2) is 18.2 Å². The van der Waals surface area contributed by atoms with Crippen LogP contribution in [0, 0.1) is 24.1 Å². The van der Waals surface area contributed by atoms with Crippen molar-refractivity contribution in [2.75, 3.05) is 0 Å². The van der Waals surface area contributed by atoms with Gasteiger partial charge in [-0.25, -0.2) is 4.39 Å². The first-order valence-corrected chi connectivity index (χ1v) is 6.71. The molecule has 1 aromatic rings. The van der Waals surface area contributed by atoms with Crippen molar-refractivity contribution >= 4 is 5.78 Å². The monoisotopic (exact) mass is 248 g/mol. The lowest BCUT2D eigenvalue weighted by atomic mass is 9.66. The molecule has 2 heteroatoms. The summed E-state index contributed by atoms with van der Waals surface area (Å²) in [5.41, 5.74) is 1.38. The zero-order valence-corrected chi connectivity index (χ0v) is 11.4. The summed E-state index contributed by atoms with van der Waals surface area (Å²) >= 11 is 0. The molecule has 98 valence electrons. The molecule has 1 aliphatic rings. The maximum absolute atomic E-state index is 13.4. The van der Waals surface area contributed by atoms with Gasteiger partial charge in [0, 0.05) is 11.5 Å². The molecule has 0 spiro atoms. The van der Waals surface area contributed by atoms with E-state index in [4.69, 9.17) is 0 Å². The number of halogens is 1. The van der Waals surface area contributed by atoms with E-state index in [2.05, 4.69) is 13.8 Å². The van der Waals surface area contributed by atoms with Crippen LogP contribution in [0.1, 0.15) is 55.5 Å². The van der Waals surface area contributed by atoms with Gasteiger partial charge in [-0.15, -0.1) is 0 Å². The molecular formula is C16H21FO. The van der Waals surface area contributed by atoms with Gasteiger partial charge in [0.2, 0.25) is 0 Å². The third kappa shape index (κ3) is 2.63. The Bertz CT molecular complexity index is 442. The Morgan fingerprint density at radius 2 is 2.00 bits per heavy atom. The molecule has 0 aliphatic heterocycles. The zero-order chi connectivity index (χ0) is 13.3. The molecule has 0 amide bonds. The third-order valence-electron chi connectivity index (χ3n) is 4.15. The van der Waals surface area contributed by atoms with Crippen molar-refractivity contribution in [3.63, 3.8) is 0 Å². The van der Waals surface area contributed by atoms with Crippen molar-refractivity contribution in [2.24, 2.45) is 11.3 Å². The first-order valence-electron chi connectivity index (χ1n) is 6.71. The van der Waals surface area contributed by atoms with Crippen molar-refractivity contribution in [2.45, 2.75) is 46.5 Å². The number of Topliss-reactive ketones (excluding diaryl/α,β-unsaturated/α-hetero) is 1. The summed E-state index contributed by atoms with van der Waals surface area (Å²) in [6.07, 6.45) is 4.31. The maximum atomic E-state index is 13.4. The van der Waals surface area contributed by atoms with E-state index < -0.39 is 0 Å². The highest BCUT2D eigenvalue weighted by Crippen LogP contribution is 2.42. The van der Waals surface area contributed by atoms with Crippen LogP contribution in [0.2, 0.25) is 0 Å². The van der Waals surface area contributed by atoms with E-state index in [0.717, 1.165) is 24.8 Å². The van der Waals surface area contributed by atoms with E-state index in [0.29, 0.717) is 5.56 Å². The summed E-state index contributed by atoms with van der Waals surface area (Å²) in [6, 6.07) is 4.64. The molecule has 1 fully saturated rings. The van der Waals surface area contributed by atoms with Crippen LogP contribution in [-0.2, 0) is 0 Å². The topological polar surface area (TPSA) is 17.1 Å². The molecule has 1 atom stereocenters. The molecule has 1 unspecified atom stereocenters. The van der Waals surface area contributed by atoms with Gasteiger partial charge in [0.05, 0.1) is 0 Å². The summed E-state index contributed by atoms with van der Waals surface area (Å²) in [4.78, 5) is 12.6. The zero-order valence-electron chi connectivity index (χ0n) is 11.4. The molecule has 1 saturated carbocycles. The van der Waals surface area contributed by atoms with Gasteiger partial charge >= 0.3 is 0 Å². The lowest BCUT2D eigenvalue weighted by Crippen LogP contribution is -2.34. The molecule has 1 aromatic carbocycles. The van der Waals surface area contributed by atoms with Gasteiger partial charge in [0.15, 0.2) is 5.78 Å². The van der Waals surface area contributed by atoms with Crippen LogP contribution in [0.5, 0.6) is 0 Å². The number of ketones is 1. The molecule has 2 rings (SSSR count). The number of aryl methyl sites for hydroxylation is 1. The van der Waals surface area contributed by atoms with E-state index in [9.17, 15) is 9.18 Å². The quantitative estimate of drug-likeness (QED) is 0.702. The van der Waals surface area contributed by atoms with Crippen LogP contribution in [0.3, 0.4) is 0 Å². The smallest absolute Gasteiger partial charge is 0.166 e. The largest absolute Gasteiger partial charge is 0.294 e. The van der Waals surface area contributed by atoms with Gasteiger partial charge in [-0.1, -0.05) is 26.7 Å². The molecule has 0 N–H and O–H groups in total. The Hall–Kier alpha value is -1.18. The molecule has 0 heterocycles. The fraction of sp³-hybridized carbons (Fsp3) is 0.562. The molecule has 1 nitrogen and oxygen atoms in total. The highest BCUT2D eigenvalue weighted by Gasteiger charge is 2.37. The molecule has 0 radical (unpaired) electrons. The summed E-state index contributed by atoms with van der Waals surface area (Å²) < 4.78 is 13.4. The predicted molar refractivity (Wildman–Crippen MR) is 71.2 cm³/mol. The fourth-order valence-electron chi connectivity index (χ4n) is 3.06. The van der Waals surface area contributed by atoms with E-state index in [1.54, 1.807) is 6.07 Å². The lowest BCUT2D eigenvalue weighted by molar-refractivity contribution is 0.0697. The van der Waals surface area contributed by atoms with Crippen molar-refractivity contribution in [3.8, 4) is 0 Å². The number of hydrogen-bond donors (Lipinski definition) is 0. The Kier molecular flexibility index (Phi) is 3.56. The first-order chi connectivity index (χ1) is 8.40. The van der Waals surface area contributed by atoms with Gasteiger partial charge in [-0.2, -0.15) is 0 Å². The van der Waals surface area contributed by atoms with Gasteiger partial charge in [0.25, 0.3) is 0 Å². The highest BCUT2D eigenvalue weighted by atomic mass is 19.1. The predicted octanol–water partition coefficient (Wildman–Crippen LogP) is 4.53. The Balaban J connectivity index is 2.30. The maximum Gasteiger partial charge on any atom is 0.166 e. The second kappa shape index (κ2) is 4.83. The van der Waals surface area contributed by atoms with Crippen LogP contribution >= 0.6 is 0 Å². The van der Waals surface area contributed by atoms with Crippen molar-refractivity contribution in [1.82, 2.24) is 0 Å². The minimum absolute atomic E-state index is 0.0347. The summed E-state index contributed by atoms with van der Waals surface area (Å²) in [5, 5.41) is 0. The Morgan fingerprint density at radius 1 is 1.28 bits per heavy atom. The summed E-state index contributed by atoms with van der Waals surface area (Å²) in [7, 11) is 0. The molecule has 0 aromatic heterocycles. The second-order valence-electron chi connectivity index (χ2n) is 6.17. The molecule has 0 saturated heterocycles. The lowest BCUT2D eigenvalue weighted by Gasteiger charge is -2.37. The standard InChI is InChI=1S/C16H21FO/c1-11-8-12(10-13(17)9-11)15(18)14-6-4-5-7-16(14,2)3/h8-10,14H,4-7H2,1-3H3. The minimum atomic E-state index is -0.313. The minimum Gasteiger partial charge on any atom is -0.294 e. The number of carbonyl (C=O) groups excluding carboxylic acids is 1. The highest BCUT2D eigenvalue weighted by molar-refractivity contribution is 5.98. The fourth-order valence-corrected chi connectivity index (χ4v) is 3.06. The molecule has 1 aliphatic carbocycles. The normalized spacial score (nSPS) is 22.8. The van der Waals surface area contributed by atoms with Crippen molar-refractivity contribution in [3.05, 3.63) is 35.1 Å². The van der Waals surface area contributed by atoms with E-state index >= 15 is 0 Å². The van der Waals surface area contributed by atoms with Gasteiger partial charge < -0.3 is 0 Å². The molecule has 0 bridgehead atoms. The van der Waals surface area contributed by atoms with Gasteiger partial charge in [-0.05, 0) is 48.9 Å². The van der Waals surface area contributed by atoms with E-state index in [-0.39, 0.29) is 22.9 Å². The number of hydrogen-bond acceptors (Lipinski definition) is 1. The summed E-state index contributed by atoms with van der Waals surface area (Å²) in [5.74, 6) is -0.165. The van der Waals surface area contributed by atoms with Crippen LogP contribution in [0.25, 0.3) is 0 Å². The van der Waals surface area contributed by atoms with E-state index in [1.165, 1.54) is 18.6 Å².